The van der Waals surface area contributed by atoms with Crippen molar-refractivity contribution in [2.24, 2.45) is 17.8 Å². The van der Waals surface area contributed by atoms with Crippen LogP contribution in [-0.4, -0.2) is 42.6 Å². The van der Waals surface area contributed by atoms with Gasteiger partial charge in [0.05, 0.1) is 25.0 Å². The van der Waals surface area contributed by atoms with Gasteiger partial charge in [0.2, 0.25) is 0 Å². The molecular formula is C11H11NO5. The molecule has 2 bridgehead atoms. The molecule has 17 heavy (non-hydrogen) atoms. The topological polar surface area (TPSA) is 72.9 Å². The van der Waals surface area contributed by atoms with Crippen LogP contribution in [0, 0.1) is 17.8 Å². The molecule has 1 amide bonds. The second-order valence-electron chi connectivity index (χ2n) is 4.45. The van der Waals surface area contributed by atoms with E-state index in [4.69, 9.17) is 0 Å². The SMILES string of the molecule is COC(=O)N1C[C@@H]2C=C[C@H]1[C@H]1C(=O)OC(=O)[C@H]12. The molecule has 90 valence electrons. The van der Waals surface area contributed by atoms with E-state index >= 15 is 0 Å². The van der Waals surface area contributed by atoms with Crippen LogP contribution in [0.5, 0.6) is 0 Å². The molecule has 0 aromatic rings. The monoisotopic (exact) mass is 237 g/mol. The van der Waals surface area contributed by atoms with Gasteiger partial charge >= 0.3 is 18.0 Å². The first kappa shape index (κ1) is 10.3. The molecule has 0 radical (unpaired) electrons. The highest BCUT2D eigenvalue weighted by atomic mass is 16.6. The van der Waals surface area contributed by atoms with Gasteiger partial charge in [-0.2, -0.15) is 0 Å². The fraction of sp³-hybridized carbons (Fsp3) is 0.545. The van der Waals surface area contributed by atoms with E-state index in [1.165, 1.54) is 12.0 Å². The first-order chi connectivity index (χ1) is 8.13. The zero-order valence-electron chi connectivity index (χ0n) is 9.16. The van der Waals surface area contributed by atoms with Crippen molar-refractivity contribution >= 4 is 18.0 Å². The maximum Gasteiger partial charge on any atom is 0.410 e. The highest BCUT2D eigenvalue weighted by Crippen LogP contribution is 2.44. The Bertz CT molecular complexity index is 443. The standard InChI is InChI=1S/C11H11NO5/c1-16-11(15)12-4-5-2-3-6(12)8-7(5)9(13)17-10(8)14/h2-3,5-8H,4H2,1H3/t5-,6-,7-,8+/m0/s1. The van der Waals surface area contributed by atoms with Crippen molar-refractivity contribution in [3.8, 4) is 0 Å². The number of cyclic esters (lactones) is 2. The molecule has 3 heterocycles. The number of carbonyl (C=O) groups excluding carboxylic acids is 3. The number of nitrogens with zero attached hydrogens (tertiary/aromatic N) is 1. The molecule has 0 aromatic carbocycles. The van der Waals surface area contributed by atoms with Gasteiger partial charge in [-0.25, -0.2) is 4.79 Å². The molecule has 2 saturated heterocycles. The molecule has 3 aliphatic heterocycles. The van der Waals surface area contributed by atoms with Gasteiger partial charge < -0.3 is 14.4 Å². The summed E-state index contributed by atoms with van der Waals surface area (Å²) in [5.41, 5.74) is 0. The average molecular weight is 237 g/mol. The number of esters is 2. The van der Waals surface area contributed by atoms with Crippen molar-refractivity contribution in [3.63, 3.8) is 0 Å². The fourth-order valence-corrected chi connectivity index (χ4v) is 2.95. The van der Waals surface area contributed by atoms with Gasteiger partial charge in [0.1, 0.15) is 0 Å². The molecule has 0 N–H and O–H groups in total. The first-order valence-corrected chi connectivity index (χ1v) is 5.42. The summed E-state index contributed by atoms with van der Waals surface area (Å²) in [5, 5.41) is 0. The molecule has 1 aliphatic carbocycles. The fourth-order valence-electron chi connectivity index (χ4n) is 2.95. The van der Waals surface area contributed by atoms with Crippen LogP contribution in [0.1, 0.15) is 0 Å². The first-order valence-electron chi connectivity index (χ1n) is 5.42. The molecule has 0 aromatic heterocycles. The van der Waals surface area contributed by atoms with Crippen molar-refractivity contribution in [2.45, 2.75) is 6.04 Å². The molecule has 0 unspecified atom stereocenters. The summed E-state index contributed by atoms with van der Waals surface area (Å²) in [6.45, 7) is 0.400. The highest BCUT2D eigenvalue weighted by Gasteiger charge is 2.58. The maximum absolute atomic E-state index is 11.6. The Labute approximate surface area is 97.2 Å². The van der Waals surface area contributed by atoms with Crippen molar-refractivity contribution in [2.75, 3.05) is 13.7 Å². The van der Waals surface area contributed by atoms with E-state index in [9.17, 15) is 14.4 Å². The number of ether oxygens (including phenoxy) is 2. The number of amides is 1. The second kappa shape index (κ2) is 3.32. The molecule has 6 heteroatoms. The van der Waals surface area contributed by atoms with Gasteiger partial charge in [-0.1, -0.05) is 12.2 Å². The Kier molecular flexibility index (Phi) is 2.01. The van der Waals surface area contributed by atoms with Crippen LogP contribution in [0.2, 0.25) is 0 Å². The van der Waals surface area contributed by atoms with E-state index in [1.807, 2.05) is 6.08 Å². The molecule has 6 nitrogen and oxygen atoms in total. The predicted octanol–water partition coefficient (Wildman–Crippen LogP) is -0.0612. The highest BCUT2D eigenvalue weighted by molar-refractivity contribution is 5.98. The second-order valence-corrected chi connectivity index (χ2v) is 4.45. The van der Waals surface area contributed by atoms with Crippen LogP contribution >= 0.6 is 0 Å². The summed E-state index contributed by atoms with van der Waals surface area (Å²) in [4.78, 5) is 36.2. The van der Waals surface area contributed by atoms with Crippen molar-refractivity contribution in [3.05, 3.63) is 12.2 Å². The smallest absolute Gasteiger partial charge is 0.410 e. The Morgan fingerprint density at radius 3 is 2.76 bits per heavy atom. The van der Waals surface area contributed by atoms with E-state index in [0.717, 1.165) is 0 Å². The van der Waals surface area contributed by atoms with E-state index in [1.54, 1.807) is 6.08 Å². The lowest BCUT2D eigenvalue weighted by molar-refractivity contribution is -0.153. The number of hydrogen-bond acceptors (Lipinski definition) is 5. The number of methoxy groups -OCH3 is 1. The lowest BCUT2D eigenvalue weighted by Gasteiger charge is -2.44. The Hall–Kier alpha value is -1.85. The van der Waals surface area contributed by atoms with Crippen LogP contribution < -0.4 is 0 Å². The van der Waals surface area contributed by atoms with E-state index in [-0.39, 0.29) is 5.92 Å². The Balaban J connectivity index is 1.97. The molecular weight excluding hydrogens is 226 g/mol. The molecule has 4 atom stereocenters. The quantitative estimate of drug-likeness (QED) is 0.335. The maximum atomic E-state index is 11.6. The molecule has 0 spiro atoms. The summed E-state index contributed by atoms with van der Waals surface area (Å²) in [6.07, 6.45) is 3.19. The minimum atomic E-state index is -0.564. The van der Waals surface area contributed by atoms with Crippen LogP contribution in [-0.2, 0) is 19.1 Å². The van der Waals surface area contributed by atoms with Gasteiger partial charge in [-0.3, -0.25) is 9.59 Å². The summed E-state index contributed by atoms with van der Waals surface area (Å²) in [6, 6.07) is -0.420. The van der Waals surface area contributed by atoms with Crippen molar-refractivity contribution in [1.29, 1.82) is 0 Å². The normalized spacial score (nSPS) is 38.1. The predicted molar refractivity (Wildman–Crippen MR) is 53.6 cm³/mol. The number of hydrogen-bond donors (Lipinski definition) is 0. The Morgan fingerprint density at radius 1 is 1.35 bits per heavy atom. The number of fused-ring (bicyclic) bond motifs is 1. The number of piperidine rings is 1. The third-order valence-electron chi connectivity index (χ3n) is 3.69. The van der Waals surface area contributed by atoms with Crippen LogP contribution in [0.4, 0.5) is 4.79 Å². The summed E-state index contributed by atoms with van der Waals surface area (Å²) >= 11 is 0. The average Bonchev–Trinajstić information content (AvgIpc) is 2.67. The summed E-state index contributed by atoms with van der Waals surface area (Å²) in [5.74, 6) is -2.15. The van der Waals surface area contributed by atoms with Gasteiger partial charge in [-0.05, 0) is 0 Å². The van der Waals surface area contributed by atoms with E-state index < -0.39 is 35.9 Å². The molecule has 4 rings (SSSR count). The van der Waals surface area contributed by atoms with Gasteiger partial charge in [0.15, 0.2) is 0 Å². The number of carbonyl (C=O) groups is 3. The lowest BCUT2D eigenvalue weighted by Crippen LogP contribution is -2.57. The zero-order valence-corrected chi connectivity index (χ0v) is 9.16. The van der Waals surface area contributed by atoms with E-state index in [0.29, 0.717) is 6.54 Å². The summed E-state index contributed by atoms with van der Waals surface area (Å²) in [7, 11) is 1.30. The van der Waals surface area contributed by atoms with Gasteiger partial charge in [0, 0.05) is 12.5 Å². The zero-order chi connectivity index (χ0) is 12.2. The van der Waals surface area contributed by atoms with Crippen LogP contribution in [0.15, 0.2) is 12.2 Å². The molecule has 4 aliphatic rings. The van der Waals surface area contributed by atoms with Crippen molar-refractivity contribution < 1.29 is 23.9 Å². The van der Waals surface area contributed by atoms with Crippen LogP contribution in [0.25, 0.3) is 0 Å². The van der Waals surface area contributed by atoms with Gasteiger partial charge in [0.25, 0.3) is 0 Å². The summed E-state index contributed by atoms with van der Waals surface area (Å²) < 4.78 is 9.32. The van der Waals surface area contributed by atoms with Crippen molar-refractivity contribution in [1.82, 2.24) is 4.90 Å². The third-order valence-corrected chi connectivity index (χ3v) is 3.69. The molecule has 0 saturated carbocycles. The largest absolute Gasteiger partial charge is 0.453 e. The number of rotatable bonds is 0. The molecule has 2 fully saturated rings. The van der Waals surface area contributed by atoms with Gasteiger partial charge in [-0.15, -0.1) is 0 Å². The van der Waals surface area contributed by atoms with E-state index in [2.05, 4.69) is 9.47 Å². The Morgan fingerprint density at radius 2 is 2.06 bits per heavy atom. The van der Waals surface area contributed by atoms with Crippen LogP contribution in [0.3, 0.4) is 0 Å². The minimum absolute atomic E-state index is 0.150. The third kappa shape index (κ3) is 1.23. The minimum Gasteiger partial charge on any atom is -0.453 e. The lowest BCUT2D eigenvalue weighted by atomic mass is 9.70.